The van der Waals surface area contributed by atoms with Gasteiger partial charge in [0.25, 0.3) is 0 Å². The maximum atomic E-state index is 12.7. The Kier molecular flexibility index (Phi) is 4.01. The second-order valence-electron chi connectivity index (χ2n) is 4.17. The summed E-state index contributed by atoms with van der Waals surface area (Å²) in [7, 11) is 0. The fraction of sp³-hybridized carbons (Fsp3) is 0.333. The first-order chi connectivity index (χ1) is 9.81. The summed E-state index contributed by atoms with van der Waals surface area (Å²) in [5, 5.41) is 2.35. The Morgan fingerprint density at radius 2 is 1.81 bits per heavy atom. The van der Waals surface area contributed by atoms with Crippen LogP contribution in [-0.4, -0.2) is 37.4 Å². The highest BCUT2D eigenvalue weighted by Gasteiger charge is 2.44. The smallest absolute Gasteiger partial charge is 0.428 e. The molecule has 1 aromatic carbocycles. The Bertz CT molecular complexity index is 548. The molecule has 0 bridgehead atoms. The second kappa shape index (κ2) is 5.58. The third-order valence-electron chi connectivity index (χ3n) is 2.72. The molecule has 0 atom stereocenters. The molecule has 1 aromatic rings. The van der Waals surface area contributed by atoms with Crippen LogP contribution in [0.3, 0.4) is 0 Å². The fourth-order valence-corrected chi connectivity index (χ4v) is 1.72. The predicted molar refractivity (Wildman–Crippen MR) is 63.4 cm³/mol. The van der Waals surface area contributed by atoms with E-state index >= 15 is 0 Å². The highest BCUT2D eigenvalue weighted by Crippen LogP contribution is 2.29. The van der Waals surface area contributed by atoms with E-state index in [9.17, 15) is 27.2 Å². The lowest BCUT2D eigenvalue weighted by molar-refractivity contribution is -0.253. The quantitative estimate of drug-likeness (QED) is 0.675. The summed E-state index contributed by atoms with van der Waals surface area (Å²) in [5.74, 6) is -2.03. The zero-order valence-corrected chi connectivity index (χ0v) is 10.5. The van der Waals surface area contributed by atoms with Crippen molar-refractivity contribution in [3.05, 3.63) is 24.3 Å². The lowest BCUT2D eigenvalue weighted by atomic mass is 10.2. The van der Waals surface area contributed by atoms with Crippen molar-refractivity contribution in [3.8, 4) is 5.75 Å². The van der Waals surface area contributed by atoms with Crippen molar-refractivity contribution in [1.29, 1.82) is 0 Å². The first-order valence-corrected chi connectivity index (χ1v) is 5.86. The molecule has 2 rings (SSSR count). The topological polar surface area (TPSA) is 58.6 Å². The number of amides is 2. The molecule has 114 valence electrons. The van der Waals surface area contributed by atoms with Crippen LogP contribution in [0.4, 0.5) is 23.2 Å². The molecular weight excluding hydrogens is 296 g/mol. The molecule has 0 unspecified atom stereocenters. The van der Waals surface area contributed by atoms with Crippen LogP contribution >= 0.6 is 0 Å². The average Bonchev–Trinajstić information content (AvgIpc) is 2.42. The van der Waals surface area contributed by atoms with Gasteiger partial charge in [-0.05, 0) is 24.3 Å². The fourth-order valence-electron chi connectivity index (χ4n) is 1.72. The number of anilines is 1. The standard InChI is InChI=1S/C12H10F4N2O3/c13-11(14)12(15,16)21-8-3-1-7(2-4-8)18-6-5-17-9(19)10(18)20/h1-4,11H,5-6H2,(H,17,19). The molecule has 2 amide bonds. The maximum absolute atomic E-state index is 12.7. The number of benzene rings is 1. The number of rotatable bonds is 4. The number of ether oxygens (including phenoxy) is 1. The monoisotopic (exact) mass is 306 g/mol. The number of alkyl halides is 4. The molecule has 1 N–H and O–H groups in total. The molecule has 1 aliphatic rings. The summed E-state index contributed by atoms with van der Waals surface area (Å²) in [6.07, 6.45) is -8.55. The van der Waals surface area contributed by atoms with E-state index in [1.54, 1.807) is 0 Å². The number of halogens is 4. The van der Waals surface area contributed by atoms with Gasteiger partial charge in [0.15, 0.2) is 0 Å². The summed E-state index contributed by atoms with van der Waals surface area (Å²) >= 11 is 0. The van der Waals surface area contributed by atoms with Gasteiger partial charge < -0.3 is 15.0 Å². The molecule has 9 heteroatoms. The van der Waals surface area contributed by atoms with Crippen LogP contribution in [0.25, 0.3) is 0 Å². The highest BCUT2D eigenvalue weighted by molar-refractivity contribution is 6.41. The average molecular weight is 306 g/mol. The van der Waals surface area contributed by atoms with E-state index in [1.165, 1.54) is 12.1 Å². The molecule has 0 spiro atoms. The number of carbonyl (C=O) groups is 2. The number of nitrogens with zero attached hydrogens (tertiary/aromatic N) is 1. The van der Waals surface area contributed by atoms with Crippen LogP contribution in [0, 0.1) is 0 Å². The second-order valence-corrected chi connectivity index (χ2v) is 4.17. The number of hydrogen-bond acceptors (Lipinski definition) is 3. The van der Waals surface area contributed by atoms with Crippen molar-refractivity contribution in [2.24, 2.45) is 0 Å². The third-order valence-corrected chi connectivity index (χ3v) is 2.72. The van der Waals surface area contributed by atoms with E-state index in [-0.39, 0.29) is 18.8 Å². The van der Waals surface area contributed by atoms with E-state index in [2.05, 4.69) is 10.1 Å². The molecule has 0 aliphatic carbocycles. The Morgan fingerprint density at radius 1 is 1.19 bits per heavy atom. The Hall–Kier alpha value is -2.32. The van der Waals surface area contributed by atoms with E-state index in [0.29, 0.717) is 0 Å². The first kappa shape index (κ1) is 15.1. The van der Waals surface area contributed by atoms with E-state index < -0.39 is 30.1 Å². The summed E-state index contributed by atoms with van der Waals surface area (Å²) in [6.45, 7) is 0.476. The zero-order chi connectivity index (χ0) is 15.6. The van der Waals surface area contributed by atoms with Gasteiger partial charge in [-0.1, -0.05) is 0 Å². The van der Waals surface area contributed by atoms with Gasteiger partial charge in [-0.25, -0.2) is 0 Å². The predicted octanol–water partition coefficient (Wildman–Crippen LogP) is 1.39. The maximum Gasteiger partial charge on any atom is 0.461 e. The van der Waals surface area contributed by atoms with E-state index in [1.807, 2.05) is 0 Å². The number of hydrogen-bond donors (Lipinski definition) is 1. The zero-order valence-electron chi connectivity index (χ0n) is 10.5. The van der Waals surface area contributed by atoms with Crippen LogP contribution in [0.5, 0.6) is 5.75 Å². The van der Waals surface area contributed by atoms with Crippen molar-refractivity contribution in [1.82, 2.24) is 5.32 Å². The first-order valence-electron chi connectivity index (χ1n) is 5.86. The van der Waals surface area contributed by atoms with E-state index in [0.717, 1.165) is 17.0 Å². The molecule has 0 saturated carbocycles. The Morgan fingerprint density at radius 3 is 2.38 bits per heavy atom. The van der Waals surface area contributed by atoms with Gasteiger partial charge in [-0.3, -0.25) is 9.59 Å². The van der Waals surface area contributed by atoms with Gasteiger partial charge in [0, 0.05) is 18.8 Å². The van der Waals surface area contributed by atoms with Gasteiger partial charge in [-0.15, -0.1) is 0 Å². The molecule has 0 aromatic heterocycles. The molecule has 1 saturated heterocycles. The van der Waals surface area contributed by atoms with Crippen LogP contribution < -0.4 is 15.0 Å². The van der Waals surface area contributed by atoms with Gasteiger partial charge >= 0.3 is 24.3 Å². The minimum Gasteiger partial charge on any atom is -0.428 e. The molecule has 1 heterocycles. The van der Waals surface area contributed by atoms with E-state index in [4.69, 9.17) is 0 Å². The minimum atomic E-state index is -4.59. The molecule has 0 radical (unpaired) electrons. The van der Waals surface area contributed by atoms with Crippen LogP contribution in [0.15, 0.2) is 24.3 Å². The number of carbonyl (C=O) groups excluding carboxylic acids is 2. The summed E-state index contributed by atoms with van der Waals surface area (Å²) in [6, 6.07) is 4.50. The minimum absolute atomic E-state index is 0.220. The highest BCUT2D eigenvalue weighted by atomic mass is 19.3. The van der Waals surface area contributed by atoms with Crippen molar-refractivity contribution < 1.29 is 31.9 Å². The summed E-state index contributed by atoms with van der Waals surface area (Å²) < 4.78 is 53.3. The van der Waals surface area contributed by atoms with Crippen LogP contribution in [0.2, 0.25) is 0 Å². The van der Waals surface area contributed by atoms with Crippen LogP contribution in [0.1, 0.15) is 0 Å². The SMILES string of the molecule is O=C1NCCN(c2ccc(OC(F)(F)C(F)F)cc2)C1=O. The molecule has 5 nitrogen and oxygen atoms in total. The van der Waals surface area contributed by atoms with Crippen molar-refractivity contribution in [2.45, 2.75) is 12.5 Å². The Balaban J connectivity index is 2.12. The number of piperazine rings is 1. The Labute approximate surface area is 116 Å². The van der Waals surface area contributed by atoms with Gasteiger partial charge in [-0.2, -0.15) is 17.6 Å². The summed E-state index contributed by atoms with van der Waals surface area (Å²) in [5.41, 5.74) is 0.280. The lowest BCUT2D eigenvalue weighted by Gasteiger charge is -2.26. The van der Waals surface area contributed by atoms with Gasteiger partial charge in [0.1, 0.15) is 5.75 Å². The largest absolute Gasteiger partial charge is 0.461 e. The van der Waals surface area contributed by atoms with Crippen molar-refractivity contribution in [3.63, 3.8) is 0 Å². The van der Waals surface area contributed by atoms with Gasteiger partial charge in [0.2, 0.25) is 0 Å². The lowest BCUT2D eigenvalue weighted by Crippen LogP contribution is -2.52. The third kappa shape index (κ3) is 3.23. The molecule has 21 heavy (non-hydrogen) atoms. The molecule has 1 aliphatic heterocycles. The van der Waals surface area contributed by atoms with Crippen LogP contribution in [-0.2, 0) is 9.59 Å². The van der Waals surface area contributed by atoms with Crippen molar-refractivity contribution >= 4 is 17.5 Å². The van der Waals surface area contributed by atoms with Gasteiger partial charge in [0.05, 0.1) is 0 Å². The normalized spacial score (nSPS) is 16.1. The molecular formula is C12H10F4N2O3. The summed E-state index contributed by atoms with van der Waals surface area (Å²) in [4.78, 5) is 23.9. The van der Waals surface area contributed by atoms with Crippen molar-refractivity contribution in [2.75, 3.05) is 18.0 Å². The number of nitrogens with one attached hydrogen (secondary N) is 1. The molecule has 1 fully saturated rings.